The predicted octanol–water partition coefficient (Wildman–Crippen LogP) is 3.30. The van der Waals surface area contributed by atoms with Crippen LogP contribution in [0.4, 0.5) is 0 Å². The van der Waals surface area contributed by atoms with Gasteiger partial charge >= 0.3 is 5.76 Å². The van der Waals surface area contributed by atoms with Gasteiger partial charge in [-0.3, -0.25) is 9.36 Å². The molecule has 3 rings (SSSR count). The molecule has 0 amide bonds. The third-order valence-corrected chi connectivity index (χ3v) is 3.99. The topological polar surface area (TPSA) is 52.2 Å². The number of benzene rings is 1. The number of rotatable bonds is 4. The Labute approximate surface area is 119 Å². The number of aryl methyl sites for hydroxylation is 1. The van der Waals surface area contributed by atoms with Crippen LogP contribution in [0.25, 0.3) is 11.1 Å². The van der Waals surface area contributed by atoms with E-state index < -0.39 is 0 Å². The fraction of sp³-hybridized carbons (Fsp3) is 0.200. The zero-order valence-corrected chi connectivity index (χ0v) is 11.8. The van der Waals surface area contributed by atoms with E-state index in [1.807, 2.05) is 18.4 Å². The van der Waals surface area contributed by atoms with Gasteiger partial charge in [0.2, 0.25) is 5.78 Å². The number of carbonyl (C=O) groups is 1. The van der Waals surface area contributed by atoms with Gasteiger partial charge in [-0.1, -0.05) is 13.0 Å². The van der Waals surface area contributed by atoms with Crippen molar-refractivity contribution in [2.24, 2.45) is 0 Å². The first-order valence-electron chi connectivity index (χ1n) is 6.42. The second-order valence-corrected chi connectivity index (χ2v) is 5.46. The molecule has 0 saturated heterocycles. The van der Waals surface area contributed by atoms with Crippen LogP contribution in [-0.2, 0) is 6.54 Å². The van der Waals surface area contributed by atoms with Crippen molar-refractivity contribution in [2.45, 2.75) is 19.9 Å². The van der Waals surface area contributed by atoms with Crippen molar-refractivity contribution in [1.29, 1.82) is 0 Å². The van der Waals surface area contributed by atoms with E-state index in [0.717, 1.165) is 11.9 Å². The Morgan fingerprint density at radius 1 is 1.35 bits per heavy atom. The maximum atomic E-state index is 12.3. The Bertz CT molecular complexity index is 811. The van der Waals surface area contributed by atoms with Crippen LogP contribution >= 0.6 is 11.3 Å². The summed E-state index contributed by atoms with van der Waals surface area (Å²) in [7, 11) is 0. The zero-order chi connectivity index (χ0) is 14.1. The number of ketones is 1. The maximum Gasteiger partial charge on any atom is 0.419 e. The molecule has 2 heterocycles. The lowest BCUT2D eigenvalue weighted by molar-refractivity contribution is 0.104. The summed E-state index contributed by atoms with van der Waals surface area (Å²) >= 11 is 1.40. The summed E-state index contributed by atoms with van der Waals surface area (Å²) in [4.78, 5) is 24.7. The van der Waals surface area contributed by atoms with Crippen molar-refractivity contribution < 1.29 is 9.21 Å². The second-order valence-electron chi connectivity index (χ2n) is 4.51. The highest BCUT2D eigenvalue weighted by Crippen LogP contribution is 2.20. The van der Waals surface area contributed by atoms with E-state index in [2.05, 4.69) is 0 Å². The number of oxazole rings is 1. The van der Waals surface area contributed by atoms with Crippen LogP contribution in [0.15, 0.2) is 44.9 Å². The quantitative estimate of drug-likeness (QED) is 0.692. The Hall–Kier alpha value is -2.14. The van der Waals surface area contributed by atoms with Gasteiger partial charge in [-0.25, -0.2) is 4.79 Å². The van der Waals surface area contributed by atoms with E-state index in [-0.39, 0.29) is 11.5 Å². The fourth-order valence-electron chi connectivity index (χ4n) is 2.19. The number of fused-ring (bicyclic) bond motifs is 1. The normalized spacial score (nSPS) is 11.1. The molecule has 0 aliphatic rings. The SMILES string of the molecule is CCCn1c(=O)oc2cc(C(=O)c3cccs3)ccc21. The number of thiophene rings is 1. The van der Waals surface area contributed by atoms with Crippen LogP contribution in [0.5, 0.6) is 0 Å². The standard InChI is InChI=1S/C15H13NO3S/c1-2-7-16-11-6-5-10(9-12(11)19-15(16)18)14(17)13-4-3-8-20-13/h3-6,8-9H,2,7H2,1H3. The lowest BCUT2D eigenvalue weighted by atomic mass is 10.1. The van der Waals surface area contributed by atoms with Crippen molar-refractivity contribution in [3.8, 4) is 0 Å². The summed E-state index contributed by atoms with van der Waals surface area (Å²) in [5.41, 5.74) is 1.74. The lowest BCUT2D eigenvalue weighted by Crippen LogP contribution is -2.13. The molecule has 0 N–H and O–H groups in total. The average molecular weight is 287 g/mol. The van der Waals surface area contributed by atoms with Crippen LogP contribution in [0.1, 0.15) is 28.6 Å². The zero-order valence-electron chi connectivity index (χ0n) is 11.0. The molecular formula is C15H13NO3S. The third-order valence-electron chi connectivity index (χ3n) is 3.12. The summed E-state index contributed by atoms with van der Waals surface area (Å²) in [5.74, 6) is -0.421. The van der Waals surface area contributed by atoms with Crippen LogP contribution in [0, 0.1) is 0 Å². The van der Waals surface area contributed by atoms with Gasteiger partial charge in [0.15, 0.2) is 5.58 Å². The smallest absolute Gasteiger partial charge is 0.408 e. The average Bonchev–Trinajstić information content (AvgIpc) is 3.07. The summed E-state index contributed by atoms with van der Waals surface area (Å²) in [6.07, 6.45) is 0.852. The summed E-state index contributed by atoms with van der Waals surface area (Å²) in [6, 6.07) is 8.79. The summed E-state index contributed by atoms with van der Waals surface area (Å²) < 4.78 is 6.81. The highest BCUT2D eigenvalue weighted by molar-refractivity contribution is 7.12. The lowest BCUT2D eigenvalue weighted by Gasteiger charge is -2.00. The third kappa shape index (κ3) is 2.10. The van der Waals surface area contributed by atoms with Gasteiger partial charge < -0.3 is 4.42 Å². The monoisotopic (exact) mass is 287 g/mol. The first-order chi connectivity index (χ1) is 9.70. The highest BCUT2D eigenvalue weighted by Gasteiger charge is 2.14. The molecule has 0 fully saturated rings. The number of aromatic nitrogens is 1. The van der Waals surface area contributed by atoms with Gasteiger partial charge in [-0.2, -0.15) is 0 Å². The van der Waals surface area contributed by atoms with E-state index in [9.17, 15) is 9.59 Å². The van der Waals surface area contributed by atoms with Crippen LogP contribution in [0.3, 0.4) is 0 Å². The molecule has 0 spiro atoms. The van der Waals surface area contributed by atoms with Gasteiger partial charge in [0.25, 0.3) is 0 Å². The Morgan fingerprint density at radius 2 is 2.20 bits per heavy atom. The number of carbonyl (C=O) groups excluding carboxylic acids is 1. The van der Waals surface area contributed by atoms with E-state index in [0.29, 0.717) is 22.6 Å². The first kappa shape index (κ1) is 12.9. The predicted molar refractivity (Wildman–Crippen MR) is 78.5 cm³/mol. The summed E-state index contributed by atoms with van der Waals surface area (Å²) in [6.45, 7) is 2.62. The minimum atomic E-state index is -0.373. The molecular weight excluding hydrogens is 274 g/mol. The Kier molecular flexibility index (Phi) is 3.28. The fourth-order valence-corrected chi connectivity index (χ4v) is 2.88. The molecule has 5 heteroatoms. The molecule has 20 heavy (non-hydrogen) atoms. The molecule has 0 aliphatic carbocycles. The Balaban J connectivity index is 2.08. The number of hydrogen-bond acceptors (Lipinski definition) is 4. The van der Waals surface area contributed by atoms with E-state index >= 15 is 0 Å². The van der Waals surface area contributed by atoms with Gasteiger partial charge in [0.1, 0.15) is 0 Å². The van der Waals surface area contributed by atoms with Gasteiger partial charge in [0, 0.05) is 12.1 Å². The highest BCUT2D eigenvalue weighted by atomic mass is 32.1. The van der Waals surface area contributed by atoms with Crippen molar-refractivity contribution in [1.82, 2.24) is 4.57 Å². The molecule has 2 aromatic heterocycles. The summed E-state index contributed by atoms with van der Waals surface area (Å²) in [5, 5.41) is 1.86. The van der Waals surface area contributed by atoms with Crippen LogP contribution in [0.2, 0.25) is 0 Å². The molecule has 3 aromatic rings. The molecule has 4 nitrogen and oxygen atoms in total. The minimum Gasteiger partial charge on any atom is -0.408 e. The van der Waals surface area contributed by atoms with Gasteiger partial charge in [-0.05, 0) is 36.1 Å². The minimum absolute atomic E-state index is 0.0483. The molecule has 0 radical (unpaired) electrons. The maximum absolute atomic E-state index is 12.3. The molecule has 102 valence electrons. The number of nitrogens with zero attached hydrogens (tertiary/aromatic N) is 1. The molecule has 1 aromatic carbocycles. The van der Waals surface area contributed by atoms with Crippen molar-refractivity contribution >= 4 is 28.2 Å². The van der Waals surface area contributed by atoms with E-state index in [1.54, 1.807) is 28.8 Å². The van der Waals surface area contributed by atoms with Crippen LogP contribution in [-0.4, -0.2) is 10.4 Å². The van der Waals surface area contributed by atoms with Crippen molar-refractivity contribution in [2.75, 3.05) is 0 Å². The van der Waals surface area contributed by atoms with Crippen LogP contribution < -0.4 is 5.76 Å². The molecule has 0 bridgehead atoms. The number of hydrogen-bond donors (Lipinski definition) is 0. The van der Waals surface area contributed by atoms with E-state index in [4.69, 9.17) is 4.42 Å². The van der Waals surface area contributed by atoms with Gasteiger partial charge in [0.05, 0.1) is 10.4 Å². The molecule has 0 saturated carbocycles. The molecule has 0 unspecified atom stereocenters. The first-order valence-corrected chi connectivity index (χ1v) is 7.30. The molecule has 0 aliphatic heterocycles. The molecule has 0 atom stereocenters. The second kappa shape index (κ2) is 5.09. The Morgan fingerprint density at radius 3 is 2.90 bits per heavy atom. The van der Waals surface area contributed by atoms with E-state index in [1.165, 1.54) is 11.3 Å². The van der Waals surface area contributed by atoms with Gasteiger partial charge in [-0.15, -0.1) is 11.3 Å². The largest absolute Gasteiger partial charge is 0.419 e. The van der Waals surface area contributed by atoms with Crippen molar-refractivity contribution in [3.63, 3.8) is 0 Å². The van der Waals surface area contributed by atoms with Crippen molar-refractivity contribution in [3.05, 3.63) is 56.7 Å².